The molecule has 20 heavy (non-hydrogen) atoms. The first-order valence-electron chi connectivity index (χ1n) is 7.82. The molecule has 0 aromatic heterocycles. The first-order chi connectivity index (χ1) is 9.72. The lowest BCUT2D eigenvalue weighted by Crippen LogP contribution is -2.42. The largest absolute Gasteiger partial charge is 0.396 e. The molecule has 112 valence electrons. The van der Waals surface area contributed by atoms with Gasteiger partial charge in [0.2, 0.25) is 0 Å². The third-order valence-electron chi connectivity index (χ3n) is 4.39. The van der Waals surface area contributed by atoms with Crippen molar-refractivity contribution in [3.05, 3.63) is 35.6 Å². The molecule has 0 spiro atoms. The summed E-state index contributed by atoms with van der Waals surface area (Å²) >= 11 is 0. The van der Waals surface area contributed by atoms with Gasteiger partial charge in [0.1, 0.15) is 5.82 Å². The van der Waals surface area contributed by atoms with Crippen LogP contribution in [0.1, 0.15) is 50.5 Å². The minimum atomic E-state index is -0.134. The van der Waals surface area contributed by atoms with E-state index in [2.05, 4.69) is 12.2 Å². The Hall–Kier alpha value is -0.930. The molecule has 1 aliphatic rings. The van der Waals surface area contributed by atoms with Crippen LogP contribution in [-0.2, 0) is 0 Å². The minimum Gasteiger partial charge on any atom is -0.396 e. The van der Waals surface area contributed by atoms with Crippen molar-refractivity contribution in [1.29, 1.82) is 0 Å². The summed E-state index contributed by atoms with van der Waals surface area (Å²) in [6, 6.07) is 7.54. The van der Waals surface area contributed by atoms with E-state index >= 15 is 0 Å². The molecule has 2 nitrogen and oxygen atoms in total. The van der Waals surface area contributed by atoms with Crippen molar-refractivity contribution in [3.63, 3.8) is 0 Å². The van der Waals surface area contributed by atoms with Gasteiger partial charge in [-0.15, -0.1) is 0 Å². The second-order valence-corrected chi connectivity index (χ2v) is 6.00. The average molecular weight is 279 g/mol. The van der Waals surface area contributed by atoms with Gasteiger partial charge < -0.3 is 10.4 Å². The molecule has 2 rings (SSSR count). The molecule has 1 aliphatic carbocycles. The Morgan fingerprint density at radius 1 is 1.35 bits per heavy atom. The molecule has 3 heteroatoms. The molecule has 1 aromatic rings. The number of hydrogen-bond acceptors (Lipinski definition) is 2. The lowest BCUT2D eigenvalue weighted by molar-refractivity contribution is 0.228. The molecule has 0 bridgehead atoms. The topological polar surface area (TPSA) is 32.3 Å². The fourth-order valence-electron chi connectivity index (χ4n) is 3.09. The van der Waals surface area contributed by atoms with Crippen molar-refractivity contribution in [2.45, 2.75) is 51.0 Å². The Morgan fingerprint density at radius 2 is 2.15 bits per heavy atom. The van der Waals surface area contributed by atoms with Crippen LogP contribution in [0.5, 0.6) is 0 Å². The molecule has 0 aliphatic heterocycles. The summed E-state index contributed by atoms with van der Waals surface area (Å²) in [5.74, 6) is 0.953. The summed E-state index contributed by atoms with van der Waals surface area (Å²) in [6.45, 7) is 3.46. The van der Waals surface area contributed by atoms with Gasteiger partial charge in [-0.1, -0.05) is 25.5 Å². The van der Waals surface area contributed by atoms with Gasteiger partial charge in [0.05, 0.1) is 0 Å². The van der Waals surface area contributed by atoms with E-state index in [0.29, 0.717) is 17.9 Å². The number of aliphatic hydroxyl groups excluding tert-OH is 1. The minimum absolute atomic E-state index is 0.134. The predicted molar refractivity (Wildman–Crippen MR) is 80.3 cm³/mol. The molecule has 1 saturated carbocycles. The zero-order chi connectivity index (χ0) is 14.4. The molecule has 0 radical (unpaired) electrons. The zero-order valence-corrected chi connectivity index (χ0v) is 12.3. The highest BCUT2D eigenvalue weighted by Gasteiger charge is 2.30. The van der Waals surface area contributed by atoms with Gasteiger partial charge in [-0.2, -0.15) is 0 Å². The molecule has 0 saturated heterocycles. The second-order valence-electron chi connectivity index (χ2n) is 6.00. The van der Waals surface area contributed by atoms with Gasteiger partial charge in [-0.05, 0) is 61.8 Å². The average Bonchev–Trinajstić information content (AvgIpc) is 2.37. The van der Waals surface area contributed by atoms with E-state index in [0.717, 1.165) is 31.4 Å². The second kappa shape index (κ2) is 7.75. The van der Waals surface area contributed by atoms with Crippen LogP contribution in [0.25, 0.3) is 0 Å². The van der Waals surface area contributed by atoms with Crippen molar-refractivity contribution < 1.29 is 9.50 Å². The molecule has 0 amide bonds. The summed E-state index contributed by atoms with van der Waals surface area (Å²) in [5.41, 5.74) is 1.13. The van der Waals surface area contributed by atoms with Crippen molar-refractivity contribution in [2.24, 2.45) is 5.92 Å². The third-order valence-corrected chi connectivity index (χ3v) is 4.39. The third kappa shape index (κ3) is 4.29. The molecule has 1 aromatic carbocycles. The van der Waals surface area contributed by atoms with E-state index < -0.39 is 0 Å². The summed E-state index contributed by atoms with van der Waals surface area (Å²) in [7, 11) is 0. The van der Waals surface area contributed by atoms with Crippen LogP contribution in [0.3, 0.4) is 0 Å². The monoisotopic (exact) mass is 279 g/mol. The Kier molecular flexibility index (Phi) is 5.99. The Morgan fingerprint density at radius 3 is 2.80 bits per heavy atom. The van der Waals surface area contributed by atoms with Crippen LogP contribution in [0, 0.1) is 11.7 Å². The van der Waals surface area contributed by atoms with Gasteiger partial charge in [0.15, 0.2) is 0 Å². The lowest BCUT2D eigenvalue weighted by atomic mass is 9.75. The van der Waals surface area contributed by atoms with E-state index in [1.54, 1.807) is 12.1 Å². The van der Waals surface area contributed by atoms with Crippen LogP contribution >= 0.6 is 0 Å². The van der Waals surface area contributed by atoms with E-state index in [-0.39, 0.29) is 12.4 Å². The first kappa shape index (κ1) is 15.5. The van der Waals surface area contributed by atoms with E-state index in [1.807, 2.05) is 6.07 Å². The first-order valence-corrected chi connectivity index (χ1v) is 7.82. The number of nitrogens with one attached hydrogen (secondary N) is 1. The SMILES string of the molecule is CCCC(CCO)CNC1CC(c2cccc(F)c2)C1. The predicted octanol–water partition coefficient (Wildman–Crippen LogP) is 3.46. The maximum Gasteiger partial charge on any atom is 0.123 e. The Bertz CT molecular complexity index is 398. The number of aliphatic hydroxyl groups is 1. The van der Waals surface area contributed by atoms with Crippen molar-refractivity contribution in [1.82, 2.24) is 5.32 Å². The van der Waals surface area contributed by atoms with Crippen LogP contribution in [-0.4, -0.2) is 24.3 Å². The normalized spacial score (nSPS) is 23.4. The Balaban J connectivity index is 1.71. The molecule has 1 unspecified atom stereocenters. The van der Waals surface area contributed by atoms with Crippen molar-refractivity contribution in [2.75, 3.05) is 13.2 Å². The fourth-order valence-corrected chi connectivity index (χ4v) is 3.09. The summed E-state index contributed by atoms with van der Waals surface area (Å²) < 4.78 is 13.2. The number of rotatable bonds is 8. The maximum absolute atomic E-state index is 13.2. The van der Waals surface area contributed by atoms with Gasteiger partial charge in [-0.25, -0.2) is 4.39 Å². The van der Waals surface area contributed by atoms with E-state index in [9.17, 15) is 4.39 Å². The van der Waals surface area contributed by atoms with E-state index in [1.165, 1.54) is 18.9 Å². The molecular formula is C17H26FNO. The Labute approximate surface area is 121 Å². The van der Waals surface area contributed by atoms with Crippen LogP contribution in [0.15, 0.2) is 24.3 Å². The molecule has 0 heterocycles. The fraction of sp³-hybridized carbons (Fsp3) is 0.647. The van der Waals surface area contributed by atoms with Crippen LogP contribution in [0.2, 0.25) is 0 Å². The maximum atomic E-state index is 13.2. The summed E-state index contributed by atoms with van der Waals surface area (Å²) in [5, 5.41) is 12.7. The molecule has 1 fully saturated rings. The van der Waals surface area contributed by atoms with Crippen LogP contribution in [0.4, 0.5) is 4.39 Å². The van der Waals surface area contributed by atoms with Crippen molar-refractivity contribution in [3.8, 4) is 0 Å². The highest BCUT2D eigenvalue weighted by molar-refractivity contribution is 5.23. The molecule has 2 N–H and O–H groups in total. The van der Waals surface area contributed by atoms with Gasteiger partial charge in [-0.3, -0.25) is 0 Å². The van der Waals surface area contributed by atoms with Gasteiger partial charge in [0, 0.05) is 12.6 Å². The number of benzene rings is 1. The summed E-state index contributed by atoms with van der Waals surface area (Å²) in [4.78, 5) is 0. The zero-order valence-electron chi connectivity index (χ0n) is 12.3. The highest BCUT2D eigenvalue weighted by Crippen LogP contribution is 2.37. The van der Waals surface area contributed by atoms with Crippen molar-refractivity contribution >= 4 is 0 Å². The molecular weight excluding hydrogens is 253 g/mol. The lowest BCUT2D eigenvalue weighted by Gasteiger charge is -2.37. The highest BCUT2D eigenvalue weighted by atomic mass is 19.1. The summed E-state index contributed by atoms with van der Waals surface area (Å²) in [6.07, 6.45) is 5.43. The van der Waals surface area contributed by atoms with Gasteiger partial charge >= 0.3 is 0 Å². The van der Waals surface area contributed by atoms with Gasteiger partial charge in [0.25, 0.3) is 0 Å². The standard InChI is InChI=1S/C17H26FNO/c1-2-4-13(7-8-20)12-19-17-10-15(11-17)14-5-3-6-16(18)9-14/h3,5-6,9,13,15,17,19-20H,2,4,7-8,10-12H2,1H3. The quantitative estimate of drug-likeness (QED) is 0.764. The van der Waals surface area contributed by atoms with Crippen LogP contribution < -0.4 is 5.32 Å². The van der Waals surface area contributed by atoms with E-state index in [4.69, 9.17) is 5.11 Å². The molecule has 1 atom stereocenters. The number of hydrogen-bond donors (Lipinski definition) is 2. The number of halogens is 1. The smallest absolute Gasteiger partial charge is 0.123 e.